The van der Waals surface area contributed by atoms with Crippen LogP contribution in [0.2, 0.25) is 5.28 Å². The summed E-state index contributed by atoms with van der Waals surface area (Å²) >= 11 is 11.9. The summed E-state index contributed by atoms with van der Waals surface area (Å²) in [6.45, 7) is 1.83. The molecule has 0 unspecified atom stereocenters. The maximum atomic E-state index is 10.3. The minimum atomic E-state index is -1.15. The van der Waals surface area contributed by atoms with E-state index in [1.807, 2.05) is 0 Å². The van der Waals surface area contributed by atoms with Gasteiger partial charge in [0.05, 0.1) is 12.2 Å². The Labute approximate surface area is 159 Å². The van der Waals surface area contributed by atoms with Crippen LogP contribution >= 0.6 is 23.2 Å². The fourth-order valence-corrected chi connectivity index (χ4v) is 3.82. The van der Waals surface area contributed by atoms with Crippen molar-refractivity contribution in [2.24, 2.45) is 0 Å². The van der Waals surface area contributed by atoms with Gasteiger partial charge in [-0.2, -0.15) is 9.97 Å². The number of aliphatic hydroxyl groups excluding tert-OH is 2. The lowest BCUT2D eigenvalue weighted by molar-refractivity contribution is -0.0291. The zero-order chi connectivity index (χ0) is 18.3. The highest BCUT2D eigenvalue weighted by Gasteiger charge is 2.44. The standard InChI is InChI=1S/C15H20Cl2N6O3/c16-6-8-10(24)11(25)14(26-8)23-7-18-9-12(19-15(17)20-13(9)23)21-22-4-2-1-3-5-22/h7-8,10-11,14,24-25H,1-6H2,(H,19,20,21)/t8-,10-,11-,14-/m1/s1. The molecule has 11 heteroatoms. The quantitative estimate of drug-likeness (QED) is 0.516. The van der Waals surface area contributed by atoms with Gasteiger partial charge in [-0.3, -0.25) is 4.57 Å². The van der Waals surface area contributed by atoms with Gasteiger partial charge in [-0.15, -0.1) is 11.6 Å². The van der Waals surface area contributed by atoms with Crippen molar-refractivity contribution in [2.75, 3.05) is 24.4 Å². The Kier molecular flexibility index (Phi) is 5.18. The predicted molar refractivity (Wildman–Crippen MR) is 96.0 cm³/mol. The highest BCUT2D eigenvalue weighted by atomic mass is 35.5. The number of hydrazine groups is 1. The van der Waals surface area contributed by atoms with Crippen LogP contribution in [0.5, 0.6) is 0 Å². The van der Waals surface area contributed by atoms with E-state index in [0.717, 1.165) is 25.9 Å². The van der Waals surface area contributed by atoms with Gasteiger partial charge in [0, 0.05) is 13.1 Å². The summed E-state index contributed by atoms with van der Waals surface area (Å²) in [7, 11) is 0. The molecule has 2 saturated heterocycles. The van der Waals surface area contributed by atoms with Gasteiger partial charge in [0.1, 0.15) is 18.3 Å². The van der Waals surface area contributed by atoms with Crippen molar-refractivity contribution >= 4 is 40.2 Å². The van der Waals surface area contributed by atoms with E-state index in [4.69, 9.17) is 27.9 Å². The van der Waals surface area contributed by atoms with Crippen LogP contribution < -0.4 is 5.43 Å². The largest absolute Gasteiger partial charge is 0.387 e. The summed E-state index contributed by atoms with van der Waals surface area (Å²) in [5, 5.41) is 22.5. The first-order valence-electron chi connectivity index (χ1n) is 8.57. The topological polar surface area (TPSA) is 109 Å². The Morgan fingerprint density at radius 1 is 1.19 bits per heavy atom. The first kappa shape index (κ1) is 18.1. The number of hydrogen-bond acceptors (Lipinski definition) is 8. The Bertz CT molecular complexity index is 784. The van der Waals surface area contributed by atoms with E-state index in [1.54, 1.807) is 4.57 Å². The second kappa shape index (κ2) is 7.41. The number of fused-ring (bicyclic) bond motifs is 1. The lowest BCUT2D eigenvalue weighted by Crippen LogP contribution is -2.35. The molecule has 2 aliphatic heterocycles. The fourth-order valence-electron chi connectivity index (χ4n) is 3.40. The number of alkyl halides is 1. The van der Waals surface area contributed by atoms with Gasteiger partial charge in [-0.05, 0) is 24.4 Å². The van der Waals surface area contributed by atoms with Crippen molar-refractivity contribution in [1.29, 1.82) is 0 Å². The lowest BCUT2D eigenvalue weighted by Gasteiger charge is -2.27. The number of nitrogens with zero attached hydrogens (tertiary/aromatic N) is 5. The van der Waals surface area contributed by atoms with Crippen LogP contribution in [0, 0.1) is 0 Å². The molecule has 9 nitrogen and oxygen atoms in total. The molecule has 4 heterocycles. The van der Waals surface area contributed by atoms with E-state index in [0.29, 0.717) is 17.0 Å². The molecule has 26 heavy (non-hydrogen) atoms. The molecular weight excluding hydrogens is 383 g/mol. The normalized spacial score (nSPS) is 30.2. The molecule has 2 aromatic heterocycles. The Morgan fingerprint density at radius 3 is 2.65 bits per heavy atom. The smallest absolute Gasteiger partial charge is 0.226 e. The van der Waals surface area contributed by atoms with Crippen LogP contribution in [0.4, 0.5) is 5.82 Å². The summed E-state index contributed by atoms with van der Waals surface area (Å²) in [5.74, 6) is 0.571. The zero-order valence-electron chi connectivity index (χ0n) is 13.9. The maximum Gasteiger partial charge on any atom is 0.226 e. The molecule has 0 aromatic carbocycles. The van der Waals surface area contributed by atoms with E-state index in [-0.39, 0.29) is 11.2 Å². The molecule has 0 spiro atoms. The fraction of sp³-hybridized carbons (Fsp3) is 0.667. The third kappa shape index (κ3) is 3.23. The molecule has 2 aromatic rings. The van der Waals surface area contributed by atoms with Gasteiger partial charge in [0.25, 0.3) is 0 Å². The van der Waals surface area contributed by atoms with Crippen LogP contribution in [-0.4, -0.2) is 72.0 Å². The molecule has 0 bridgehead atoms. The zero-order valence-corrected chi connectivity index (χ0v) is 15.4. The molecule has 0 amide bonds. The molecule has 142 valence electrons. The Hall–Kier alpha value is -1.23. The molecule has 3 N–H and O–H groups in total. The highest BCUT2D eigenvalue weighted by Crippen LogP contribution is 2.33. The SMILES string of the molecule is O[C@@H]1[C@H](O)[C@@H](CCl)O[C@H]1n1cnc2c(NN3CCCCC3)nc(Cl)nc21. The number of ether oxygens (including phenoxy) is 1. The van der Waals surface area contributed by atoms with E-state index in [9.17, 15) is 10.2 Å². The van der Waals surface area contributed by atoms with Crippen molar-refractivity contribution in [2.45, 2.75) is 43.8 Å². The van der Waals surface area contributed by atoms with Crippen molar-refractivity contribution in [3.8, 4) is 0 Å². The predicted octanol–water partition coefficient (Wildman–Crippen LogP) is 1.15. The molecule has 4 atom stereocenters. The molecule has 2 aliphatic rings. The number of imidazole rings is 1. The lowest BCUT2D eigenvalue weighted by atomic mass is 10.1. The van der Waals surface area contributed by atoms with E-state index in [1.165, 1.54) is 12.7 Å². The van der Waals surface area contributed by atoms with E-state index >= 15 is 0 Å². The average Bonchev–Trinajstić information content (AvgIpc) is 3.17. The van der Waals surface area contributed by atoms with Crippen molar-refractivity contribution in [3.05, 3.63) is 11.6 Å². The third-order valence-electron chi connectivity index (χ3n) is 4.78. The van der Waals surface area contributed by atoms with Crippen LogP contribution in [0.15, 0.2) is 6.33 Å². The summed E-state index contributed by atoms with van der Waals surface area (Å²) in [6.07, 6.45) is 1.18. The van der Waals surface area contributed by atoms with Gasteiger partial charge in [-0.25, -0.2) is 9.99 Å². The maximum absolute atomic E-state index is 10.3. The summed E-state index contributed by atoms with van der Waals surface area (Å²) < 4.78 is 7.22. The number of hydrogen-bond donors (Lipinski definition) is 3. The summed E-state index contributed by atoms with van der Waals surface area (Å²) in [5.41, 5.74) is 4.18. The number of aromatic nitrogens is 4. The van der Waals surface area contributed by atoms with Crippen molar-refractivity contribution < 1.29 is 14.9 Å². The van der Waals surface area contributed by atoms with Gasteiger partial charge in [0.15, 0.2) is 23.2 Å². The van der Waals surface area contributed by atoms with Crippen LogP contribution in [-0.2, 0) is 4.74 Å². The minimum absolute atomic E-state index is 0.0562. The Morgan fingerprint density at radius 2 is 1.96 bits per heavy atom. The first-order valence-corrected chi connectivity index (χ1v) is 9.49. The first-order chi connectivity index (χ1) is 12.6. The summed E-state index contributed by atoms with van der Waals surface area (Å²) in [4.78, 5) is 12.9. The second-order valence-electron chi connectivity index (χ2n) is 6.53. The molecule has 2 fully saturated rings. The third-order valence-corrected chi connectivity index (χ3v) is 5.25. The van der Waals surface area contributed by atoms with Crippen LogP contribution in [0.1, 0.15) is 25.5 Å². The Balaban J connectivity index is 1.67. The number of anilines is 1. The number of halogens is 2. The molecule has 4 rings (SSSR count). The summed E-state index contributed by atoms with van der Waals surface area (Å²) in [6, 6.07) is 0. The second-order valence-corrected chi connectivity index (χ2v) is 7.17. The molecule has 0 saturated carbocycles. The van der Waals surface area contributed by atoms with Crippen LogP contribution in [0.25, 0.3) is 11.2 Å². The van der Waals surface area contributed by atoms with Gasteiger partial charge >= 0.3 is 0 Å². The molecular formula is C15H20Cl2N6O3. The number of piperidine rings is 1. The van der Waals surface area contributed by atoms with Gasteiger partial charge < -0.3 is 20.4 Å². The van der Waals surface area contributed by atoms with Gasteiger partial charge in [-0.1, -0.05) is 6.42 Å². The number of aliphatic hydroxyl groups is 2. The molecule has 0 radical (unpaired) electrons. The van der Waals surface area contributed by atoms with Crippen molar-refractivity contribution in [1.82, 2.24) is 24.5 Å². The average molecular weight is 403 g/mol. The van der Waals surface area contributed by atoms with E-state index in [2.05, 4.69) is 25.4 Å². The highest BCUT2D eigenvalue weighted by molar-refractivity contribution is 6.28. The van der Waals surface area contributed by atoms with E-state index < -0.39 is 24.5 Å². The van der Waals surface area contributed by atoms with Crippen molar-refractivity contribution in [3.63, 3.8) is 0 Å². The minimum Gasteiger partial charge on any atom is -0.387 e. The monoisotopic (exact) mass is 402 g/mol. The molecule has 0 aliphatic carbocycles. The van der Waals surface area contributed by atoms with Gasteiger partial charge in [0.2, 0.25) is 5.28 Å². The number of nitrogens with one attached hydrogen (secondary N) is 1. The number of rotatable bonds is 4. The van der Waals surface area contributed by atoms with Crippen LogP contribution in [0.3, 0.4) is 0 Å².